The second-order valence-electron chi connectivity index (χ2n) is 11.0. The number of methoxy groups -OCH3 is 1. The van der Waals surface area contributed by atoms with E-state index in [9.17, 15) is 9.90 Å². The van der Waals surface area contributed by atoms with Crippen molar-refractivity contribution in [1.82, 2.24) is 9.80 Å². The molecule has 2 aliphatic heterocycles. The van der Waals surface area contributed by atoms with Crippen molar-refractivity contribution >= 4 is 29.1 Å². The Morgan fingerprint density at radius 2 is 1.95 bits per heavy atom. The number of nitrogens with zero attached hydrogens (tertiary/aromatic N) is 2. The van der Waals surface area contributed by atoms with Gasteiger partial charge in [0.05, 0.1) is 23.3 Å². The first kappa shape index (κ1) is 28.7. The van der Waals surface area contributed by atoms with Gasteiger partial charge < -0.3 is 19.5 Å². The molecule has 3 aromatic carbocycles. The molecule has 0 radical (unpaired) electrons. The highest BCUT2D eigenvalue weighted by Crippen LogP contribution is 2.44. The number of likely N-dealkylation sites (N-methyl/N-ethyl adjacent to an activating group) is 1. The van der Waals surface area contributed by atoms with Gasteiger partial charge >= 0.3 is 0 Å². The normalized spacial score (nSPS) is 21.4. The predicted molar refractivity (Wildman–Crippen MR) is 159 cm³/mol. The van der Waals surface area contributed by atoms with Crippen molar-refractivity contribution in [1.29, 1.82) is 0 Å². The maximum absolute atomic E-state index is 13.1. The van der Waals surface area contributed by atoms with Crippen LogP contribution in [0.5, 0.6) is 11.5 Å². The van der Waals surface area contributed by atoms with E-state index in [0.29, 0.717) is 34.3 Å². The summed E-state index contributed by atoms with van der Waals surface area (Å²) in [6.07, 6.45) is 2.67. The van der Waals surface area contributed by atoms with E-state index in [1.807, 2.05) is 73.8 Å². The molecule has 40 heavy (non-hydrogen) atoms. The summed E-state index contributed by atoms with van der Waals surface area (Å²) in [5, 5.41) is 12.1. The fourth-order valence-corrected chi connectivity index (χ4v) is 6.36. The Kier molecular flexibility index (Phi) is 8.91. The number of aliphatic hydroxyl groups is 1. The Hall–Kier alpha value is -2.77. The summed E-state index contributed by atoms with van der Waals surface area (Å²) in [6.45, 7) is 3.08. The van der Waals surface area contributed by atoms with Crippen LogP contribution in [0, 0.1) is 0 Å². The van der Waals surface area contributed by atoms with Gasteiger partial charge in [0, 0.05) is 43.6 Å². The van der Waals surface area contributed by atoms with E-state index in [4.69, 9.17) is 32.7 Å². The van der Waals surface area contributed by atoms with Crippen LogP contribution in [0.25, 0.3) is 0 Å². The van der Waals surface area contributed by atoms with E-state index < -0.39 is 11.7 Å². The molecule has 3 unspecified atom stereocenters. The zero-order valence-corrected chi connectivity index (χ0v) is 24.5. The first-order chi connectivity index (χ1) is 19.3. The van der Waals surface area contributed by atoms with E-state index in [1.54, 1.807) is 12.0 Å². The summed E-state index contributed by atoms with van der Waals surface area (Å²) >= 11 is 12.6. The topological polar surface area (TPSA) is 62.2 Å². The van der Waals surface area contributed by atoms with Crippen LogP contribution in [0.3, 0.4) is 0 Å². The molecule has 1 spiro atoms. The quantitative estimate of drug-likeness (QED) is 0.324. The second-order valence-corrected chi connectivity index (χ2v) is 11.8. The van der Waals surface area contributed by atoms with Gasteiger partial charge in [0.1, 0.15) is 17.1 Å². The fourth-order valence-electron chi connectivity index (χ4n) is 6.06. The van der Waals surface area contributed by atoms with Crippen molar-refractivity contribution in [2.45, 2.75) is 43.3 Å². The Bertz CT molecular complexity index is 1340. The summed E-state index contributed by atoms with van der Waals surface area (Å²) in [4.78, 5) is 17.3. The number of halogens is 2. The van der Waals surface area contributed by atoms with Crippen LogP contribution >= 0.6 is 23.2 Å². The van der Waals surface area contributed by atoms with Crippen molar-refractivity contribution in [3.05, 3.63) is 93.5 Å². The molecule has 6 nitrogen and oxygen atoms in total. The molecule has 0 aliphatic carbocycles. The third-order valence-electron chi connectivity index (χ3n) is 8.16. The molecular formula is C32H36Cl2N2O4. The maximum atomic E-state index is 13.1. The number of fused-ring (bicyclic) bond motifs is 1. The molecule has 0 saturated carbocycles. The van der Waals surface area contributed by atoms with Crippen molar-refractivity contribution in [3.8, 4) is 11.5 Å². The second kappa shape index (κ2) is 12.4. The number of piperidine rings is 1. The standard InChI is InChI=1S/C32H36Cl2N2O4/c1-35(31(38)22-7-4-3-5-8-22)20-24(23-9-11-27(33)28(34)17-23)13-16-36-15-6-14-32(21-36)19-29(37)26-18-25(39-2)10-12-30(26)40-32/h3-5,7-12,17-18,24,29,37H,6,13-16,19-21H2,1-2H3. The first-order valence-corrected chi connectivity index (χ1v) is 14.6. The van der Waals surface area contributed by atoms with Crippen molar-refractivity contribution in [2.75, 3.05) is 40.3 Å². The minimum Gasteiger partial charge on any atom is -0.497 e. The van der Waals surface area contributed by atoms with Gasteiger partial charge in [-0.15, -0.1) is 0 Å². The minimum atomic E-state index is -0.597. The van der Waals surface area contributed by atoms with E-state index in [1.165, 1.54) is 0 Å². The predicted octanol–water partition coefficient (Wildman–Crippen LogP) is 6.60. The summed E-state index contributed by atoms with van der Waals surface area (Å²) in [5.74, 6) is 1.50. The lowest BCUT2D eigenvalue weighted by Crippen LogP contribution is -2.54. The number of hydrogen-bond donors (Lipinski definition) is 1. The number of likely N-dealkylation sites (tertiary alicyclic amines) is 1. The van der Waals surface area contributed by atoms with Crippen LogP contribution in [-0.4, -0.2) is 66.8 Å². The van der Waals surface area contributed by atoms with Crippen LogP contribution in [0.2, 0.25) is 10.0 Å². The molecule has 2 heterocycles. The van der Waals surface area contributed by atoms with E-state index >= 15 is 0 Å². The largest absolute Gasteiger partial charge is 0.497 e. The third kappa shape index (κ3) is 6.41. The highest BCUT2D eigenvalue weighted by atomic mass is 35.5. The van der Waals surface area contributed by atoms with Gasteiger partial charge in [-0.2, -0.15) is 0 Å². The van der Waals surface area contributed by atoms with Crippen LogP contribution < -0.4 is 9.47 Å². The Balaban J connectivity index is 1.30. The van der Waals surface area contributed by atoms with Crippen molar-refractivity contribution < 1.29 is 19.4 Å². The number of hydrogen-bond acceptors (Lipinski definition) is 5. The Morgan fingerprint density at radius 1 is 1.15 bits per heavy atom. The van der Waals surface area contributed by atoms with Crippen LogP contribution in [0.15, 0.2) is 66.7 Å². The smallest absolute Gasteiger partial charge is 0.253 e. The Morgan fingerprint density at radius 3 is 2.70 bits per heavy atom. The zero-order chi connectivity index (χ0) is 28.3. The highest BCUT2D eigenvalue weighted by Gasteiger charge is 2.43. The molecule has 0 bridgehead atoms. The van der Waals surface area contributed by atoms with E-state index in [0.717, 1.165) is 55.8 Å². The van der Waals surface area contributed by atoms with Crippen molar-refractivity contribution in [2.24, 2.45) is 0 Å². The number of carbonyl (C=O) groups excluding carboxylic acids is 1. The van der Waals surface area contributed by atoms with Gasteiger partial charge in [-0.1, -0.05) is 47.5 Å². The monoisotopic (exact) mass is 582 g/mol. The lowest BCUT2D eigenvalue weighted by atomic mass is 9.82. The average molecular weight is 584 g/mol. The van der Waals surface area contributed by atoms with Gasteiger partial charge in [0.25, 0.3) is 5.91 Å². The fraction of sp³-hybridized carbons (Fsp3) is 0.406. The molecule has 3 atom stereocenters. The molecule has 5 rings (SSSR count). The number of ether oxygens (including phenoxy) is 2. The molecule has 212 valence electrons. The number of rotatable bonds is 8. The molecule has 0 aromatic heterocycles. The highest BCUT2D eigenvalue weighted by molar-refractivity contribution is 6.42. The SMILES string of the molecule is COc1ccc2c(c1)C(O)CC1(CCCN(CCC(CN(C)C(=O)c3ccccc3)c3ccc(Cl)c(Cl)c3)C1)O2. The number of carbonyl (C=O) groups is 1. The number of amides is 1. The summed E-state index contributed by atoms with van der Waals surface area (Å²) in [7, 11) is 3.47. The summed E-state index contributed by atoms with van der Waals surface area (Å²) in [6, 6.07) is 20.7. The third-order valence-corrected chi connectivity index (χ3v) is 8.90. The molecule has 1 saturated heterocycles. The van der Waals surface area contributed by atoms with Crippen molar-refractivity contribution in [3.63, 3.8) is 0 Å². The van der Waals surface area contributed by atoms with Gasteiger partial charge in [0.2, 0.25) is 0 Å². The maximum Gasteiger partial charge on any atom is 0.253 e. The summed E-state index contributed by atoms with van der Waals surface area (Å²) in [5.41, 5.74) is 2.08. The molecule has 3 aromatic rings. The van der Waals surface area contributed by atoms with Crippen LogP contribution in [-0.2, 0) is 0 Å². The van der Waals surface area contributed by atoms with Gasteiger partial charge in [0.15, 0.2) is 0 Å². The molecule has 1 fully saturated rings. The summed E-state index contributed by atoms with van der Waals surface area (Å²) < 4.78 is 11.9. The van der Waals surface area contributed by atoms with Crippen LogP contribution in [0.4, 0.5) is 0 Å². The van der Waals surface area contributed by atoms with Gasteiger partial charge in [-0.05, 0) is 80.4 Å². The molecule has 1 amide bonds. The lowest BCUT2D eigenvalue weighted by Gasteiger charge is -2.47. The average Bonchev–Trinajstić information content (AvgIpc) is 2.96. The number of benzene rings is 3. The lowest BCUT2D eigenvalue weighted by molar-refractivity contribution is -0.0612. The van der Waals surface area contributed by atoms with Crippen LogP contribution in [0.1, 0.15) is 59.2 Å². The molecule has 8 heteroatoms. The molecular weight excluding hydrogens is 547 g/mol. The van der Waals surface area contributed by atoms with E-state index in [-0.39, 0.29) is 11.8 Å². The number of aliphatic hydroxyl groups excluding tert-OH is 1. The zero-order valence-electron chi connectivity index (χ0n) is 23.0. The van der Waals surface area contributed by atoms with Gasteiger partial charge in [-0.25, -0.2) is 0 Å². The molecule has 1 N–H and O–H groups in total. The Labute approximate surface area is 246 Å². The van der Waals surface area contributed by atoms with E-state index in [2.05, 4.69) is 4.90 Å². The van der Waals surface area contributed by atoms with Gasteiger partial charge in [-0.3, -0.25) is 9.69 Å². The molecule has 2 aliphatic rings. The first-order valence-electron chi connectivity index (χ1n) is 13.8. The minimum absolute atomic E-state index is 0.0116.